The van der Waals surface area contributed by atoms with Gasteiger partial charge in [-0.05, 0) is 18.2 Å². The first-order valence-electron chi connectivity index (χ1n) is 8.49. The SMILES string of the molecule is O=C1C(=Cc2cc3oc(-c4ccccc4)nc3s2)C(=O)c2c(F)c(F)c(F)c(F)c21. The Morgan fingerprint density at radius 2 is 1.47 bits per heavy atom. The highest BCUT2D eigenvalue weighted by molar-refractivity contribution is 7.19. The maximum absolute atomic E-state index is 14.0. The summed E-state index contributed by atoms with van der Waals surface area (Å²) in [6, 6.07) is 10.6. The molecule has 0 unspecified atom stereocenters. The molecule has 0 saturated heterocycles. The zero-order valence-corrected chi connectivity index (χ0v) is 15.5. The first kappa shape index (κ1) is 18.4. The average Bonchev–Trinajstić information content (AvgIpc) is 3.38. The Kier molecular flexibility index (Phi) is 3.97. The summed E-state index contributed by atoms with van der Waals surface area (Å²) in [4.78, 5) is 30.0. The van der Waals surface area contributed by atoms with Crippen LogP contribution in [0.3, 0.4) is 0 Å². The molecule has 5 rings (SSSR count). The van der Waals surface area contributed by atoms with Crippen molar-refractivity contribution in [2.45, 2.75) is 0 Å². The number of thiophene rings is 1. The zero-order valence-electron chi connectivity index (χ0n) is 14.6. The predicted molar refractivity (Wildman–Crippen MR) is 100 cm³/mol. The topological polar surface area (TPSA) is 60.2 Å². The smallest absolute Gasteiger partial charge is 0.228 e. The number of Topliss-reactive ketones (excluding diaryl/α,β-unsaturated/α-hetero) is 2. The van der Waals surface area contributed by atoms with Gasteiger partial charge >= 0.3 is 0 Å². The van der Waals surface area contributed by atoms with Gasteiger partial charge in [-0.2, -0.15) is 4.98 Å². The number of fused-ring (bicyclic) bond motifs is 2. The number of rotatable bonds is 2. The van der Waals surface area contributed by atoms with E-state index in [0.29, 0.717) is 21.2 Å². The van der Waals surface area contributed by atoms with Crippen LogP contribution in [0.5, 0.6) is 0 Å². The summed E-state index contributed by atoms with van der Waals surface area (Å²) in [6.07, 6.45) is 1.10. The van der Waals surface area contributed by atoms with Crippen LogP contribution in [0.4, 0.5) is 17.6 Å². The molecule has 4 aromatic rings. The standard InChI is InChI=1S/C21H7F4NO3S/c22-14-12-13(15(23)17(25)16(14)24)19(28)10(18(12)27)6-9-7-11-21(30-9)26-20(29-11)8-4-2-1-3-5-8/h1-7H. The van der Waals surface area contributed by atoms with Crippen LogP contribution < -0.4 is 0 Å². The molecule has 0 saturated carbocycles. The lowest BCUT2D eigenvalue weighted by molar-refractivity contribution is 0.0988. The minimum Gasteiger partial charge on any atom is -0.435 e. The van der Waals surface area contributed by atoms with Crippen molar-refractivity contribution in [3.63, 3.8) is 0 Å². The van der Waals surface area contributed by atoms with E-state index in [1.807, 2.05) is 30.3 Å². The van der Waals surface area contributed by atoms with Gasteiger partial charge in [0.15, 0.2) is 33.7 Å². The fourth-order valence-electron chi connectivity index (χ4n) is 3.23. The summed E-state index contributed by atoms with van der Waals surface area (Å²) in [6.45, 7) is 0. The quantitative estimate of drug-likeness (QED) is 0.137. The molecule has 0 spiro atoms. The maximum Gasteiger partial charge on any atom is 0.228 e. The summed E-state index contributed by atoms with van der Waals surface area (Å²) in [7, 11) is 0. The molecular weight excluding hydrogens is 422 g/mol. The number of aromatic nitrogens is 1. The average molecular weight is 429 g/mol. The Balaban J connectivity index is 1.57. The van der Waals surface area contributed by atoms with Gasteiger partial charge in [-0.3, -0.25) is 9.59 Å². The van der Waals surface area contributed by atoms with Crippen molar-refractivity contribution in [1.82, 2.24) is 4.98 Å². The second kappa shape index (κ2) is 6.46. The maximum atomic E-state index is 14.0. The third kappa shape index (κ3) is 2.55. The van der Waals surface area contributed by atoms with Gasteiger partial charge in [-0.25, -0.2) is 17.6 Å². The molecule has 30 heavy (non-hydrogen) atoms. The first-order valence-corrected chi connectivity index (χ1v) is 9.31. The van der Waals surface area contributed by atoms with Crippen LogP contribution in [0.2, 0.25) is 0 Å². The minimum atomic E-state index is -2.14. The van der Waals surface area contributed by atoms with E-state index in [4.69, 9.17) is 4.42 Å². The van der Waals surface area contributed by atoms with Gasteiger partial charge in [0.1, 0.15) is 0 Å². The number of hydrogen-bond donors (Lipinski definition) is 0. The molecule has 0 fully saturated rings. The van der Waals surface area contributed by atoms with E-state index in [2.05, 4.69) is 4.98 Å². The molecule has 1 aliphatic carbocycles. The van der Waals surface area contributed by atoms with Crippen molar-refractivity contribution in [3.05, 3.63) is 81.2 Å². The van der Waals surface area contributed by atoms with E-state index in [1.54, 1.807) is 0 Å². The van der Waals surface area contributed by atoms with Gasteiger partial charge in [0, 0.05) is 16.5 Å². The number of allylic oxidation sites excluding steroid dienone is 1. The number of carbonyl (C=O) groups is 2. The number of carbonyl (C=O) groups excluding carboxylic acids is 2. The summed E-state index contributed by atoms with van der Waals surface area (Å²) >= 11 is 1.08. The summed E-state index contributed by atoms with van der Waals surface area (Å²) in [5.74, 6) is -10.1. The molecule has 2 aromatic heterocycles. The molecule has 0 N–H and O–H groups in total. The van der Waals surface area contributed by atoms with Crippen LogP contribution in [0, 0.1) is 23.3 Å². The number of hydrogen-bond acceptors (Lipinski definition) is 5. The van der Waals surface area contributed by atoms with Crippen molar-refractivity contribution in [3.8, 4) is 11.5 Å². The number of ketones is 2. The Morgan fingerprint density at radius 1 is 0.867 bits per heavy atom. The molecule has 1 aliphatic rings. The van der Waals surface area contributed by atoms with Crippen LogP contribution in [0.15, 0.2) is 46.4 Å². The molecule has 148 valence electrons. The lowest BCUT2D eigenvalue weighted by Crippen LogP contribution is -2.07. The Bertz CT molecular complexity index is 1340. The molecule has 0 bridgehead atoms. The Hall–Kier alpha value is -3.59. The third-order valence-corrected chi connectivity index (χ3v) is 5.58. The van der Waals surface area contributed by atoms with Gasteiger partial charge in [-0.1, -0.05) is 18.2 Å². The van der Waals surface area contributed by atoms with Crippen LogP contribution >= 0.6 is 11.3 Å². The molecule has 4 nitrogen and oxygen atoms in total. The second-order valence-electron chi connectivity index (χ2n) is 6.43. The number of oxazole rings is 1. The largest absolute Gasteiger partial charge is 0.435 e. The fraction of sp³-hybridized carbons (Fsp3) is 0. The number of nitrogens with zero attached hydrogens (tertiary/aromatic N) is 1. The Labute approximate surface area is 169 Å². The molecule has 0 radical (unpaired) electrons. The van der Waals surface area contributed by atoms with E-state index in [1.165, 1.54) is 6.07 Å². The molecule has 0 atom stereocenters. The second-order valence-corrected chi connectivity index (χ2v) is 7.49. The molecular formula is C21H7F4NO3S. The lowest BCUT2D eigenvalue weighted by Gasteiger charge is -2.02. The number of halogens is 4. The van der Waals surface area contributed by atoms with Crippen LogP contribution in [-0.2, 0) is 0 Å². The molecule has 0 amide bonds. The normalized spacial score (nSPS) is 13.4. The highest BCUT2D eigenvalue weighted by Gasteiger charge is 2.42. The van der Waals surface area contributed by atoms with Gasteiger partial charge in [0.05, 0.1) is 16.7 Å². The van der Waals surface area contributed by atoms with E-state index in [-0.39, 0.29) is 0 Å². The molecule has 0 aliphatic heterocycles. The minimum absolute atomic E-state index is 0.349. The fourth-order valence-corrected chi connectivity index (χ4v) is 4.13. The van der Waals surface area contributed by atoms with E-state index >= 15 is 0 Å². The third-order valence-electron chi connectivity index (χ3n) is 4.63. The van der Waals surface area contributed by atoms with Gasteiger partial charge in [0.2, 0.25) is 17.5 Å². The van der Waals surface area contributed by atoms with Crippen LogP contribution in [0.25, 0.3) is 27.9 Å². The van der Waals surface area contributed by atoms with Crippen molar-refractivity contribution in [2.75, 3.05) is 0 Å². The van der Waals surface area contributed by atoms with E-state index in [9.17, 15) is 27.2 Å². The molecule has 2 aromatic carbocycles. The summed E-state index contributed by atoms with van der Waals surface area (Å²) in [5.41, 5.74) is -1.66. The van der Waals surface area contributed by atoms with Crippen LogP contribution in [0.1, 0.15) is 25.6 Å². The van der Waals surface area contributed by atoms with Gasteiger partial charge < -0.3 is 4.42 Å². The zero-order chi connectivity index (χ0) is 21.2. The van der Waals surface area contributed by atoms with E-state index < -0.39 is 51.5 Å². The van der Waals surface area contributed by atoms with Crippen LogP contribution in [-0.4, -0.2) is 16.6 Å². The molecule has 9 heteroatoms. The summed E-state index contributed by atoms with van der Waals surface area (Å²) < 4.78 is 60.6. The van der Waals surface area contributed by atoms with Gasteiger partial charge in [0.25, 0.3) is 0 Å². The predicted octanol–water partition coefficient (Wildman–Crippen LogP) is 5.58. The molecule has 2 heterocycles. The van der Waals surface area contributed by atoms with Crippen molar-refractivity contribution >= 4 is 39.4 Å². The first-order chi connectivity index (χ1) is 14.4. The monoisotopic (exact) mass is 429 g/mol. The van der Waals surface area contributed by atoms with E-state index in [0.717, 1.165) is 23.0 Å². The highest BCUT2D eigenvalue weighted by atomic mass is 32.1. The van der Waals surface area contributed by atoms with Crippen molar-refractivity contribution in [1.29, 1.82) is 0 Å². The van der Waals surface area contributed by atoms with Crippen molar-refractivity contribution < 1.29 is 31.6 Å². The van der Waals surface area contributed by atoms with Crippen molar-refractivity contribution in [2.24, 2.45) is 0 Å². The summed E-state index contributed by atoms with van der Waals surface area (Å²) in [5, 5.41) is 0. The highest BCUT2D eigenvalue weighted by Crippen LogP contribution is 2.37. The van der Waals surface area contributed by atoms with Gasteiger partial charge in [-0.15, -0.1) is 11.3 Å². The lowest BCUT2D eigenvalue weighted by atomic mass is 10.1. The number of benzene rings is 2. The Morgan fingerprint density at radius 3 is 2.03 bits per heavy atom.